The van der Waals surface area contributed by atoms with Crippen LogP contribution in [0.5, 0.6) is 5.88 Å². The van der Waals surface area contributed by atoms with Crippen molar-refractivity contribution < 1.29 is 17.9 Å². The third-order valence-electron chi connectivity index (χ3n) is 8.36. The van der Waals surface area contributed by atoms with E-state index in [1.165, 1.54) is 0 Å². The van der Waals surface area contributed by atoms with Gasteiger partial charge in [0.1, 0.15) is 5.69 Å². The van der Waals surface area contributed by atoms with Crippen molar-refractivity contribution >= 4 is 50.6 Å². The monoisotopic (exact) mass is 621 g/mol. The Morgan fingerprint density at radius 1 is 1.02 bits per heavy atom. The molecule has 1 N–H and O–H groups in total. The first-order chi connectivity index (χ1) is 20.1. The molecule has 226 valence electrons. The number of carbonyl (C=O) groups excluding carboxylic acids is 1. The van der Waals surface area contributed by atoms with Crippen molar-refractivity contribution in [3.63, 3.8) is 0 Å². The zero-order valence-corrected chi connectivity index (χ0v) is 26.4. The molecule has 9 nitrogen and oxygen atoms in total. The van der Waals surface area contributed by atoms with Gasteiger partial charge in [0.2, 0.25) is 11.8 Å². The minimum atomic E-state index is -3.89. The maximum Gasteiger partial charge on any atom is 0.262 e. The number of fused-ring (bicyclic) bond motifs is 4. The first-order valence-corrected chi connectivity index (χ1v) is 15.7. The Morgan fingerprint density at radius 2 is 1.77 bits per heavy atom. The largest absolute Gasteiger partial charge is 0.476 e. The molecule has 1 saturated carbocycles. The summed E-state index contributed by atoms with van der Waals surface area (Å²) in [6, 6.07) is 14.4. The zero-order valence-electron chi connectivity index (χ0n) is 24.8. The predicted molar refractivity (Wildman–Crippen MR) is 172 cm³/mol. The number of amides is 1. The number of carbonyl (C=O) groups is 1. The lowest BCUT2D eigenvalue weighted by molar-refractivity contribution is -0.125. The molecule has 1 amide bonds. The lowest BCUT2D eigenvalue weighted by atomic mass is 9.64. The Bertz CT molecular complexity index is 1790. The highest BCUT2D eigenvalue weighted by atomic mass is 35.5. The normalized spacial score (nSPS) is 15.4. The van der Waals surface area contributed by atoms with Crippen molar-refractivity contribution in [3.05, 3.63) is 72.1 Å². The van der Waals surface area contributed by atoms with Gasteiger partial charge in [-0.15, -0.1) is 12.4 Å². The molecule has 0 saturated heterocycles. The molecule has 4 aromatic rings. The Morgan fingerprint density at radius 3 is 2.44 bits per heavy atom. The van der Waals surface area contributed by atoms with Gasteiger partial charge < -0.3 is 14.5 Å². The van der Waals surface area contributed by atoms with Crippen molar-refractivity contribution in [3.8, 4) is 17.0 Å². The summed E-state index contributed by atoms with van der Waals surface area (Å²) in [5.74, 6) is 0.353. The highest BCUT2D eigenvalue weighted by molar-refractivity contribution is 7.92. The molecule has 0 atom stereocenters. The fourth-order valence-corrected chi connectivity index (χ4v) is 6.97. The number of sulfonamides is 1. The molecule has 2 aliphatic rings. The third kappa shape index (κ3) is 5.55. The minimum Gasteiger partial charge on any atom is -0.476 e. The van der Waals surface area contributed by atoms with Gasteiger partial charge in [0.05, 0.1) is 34.3 Å². The number of aryl methyl sites for hydroxylation is 1. The zero-order chi connectivity index (χ0) is 29.6. The van der Waals surface area contributed by atoms with Crippen LogP contribution in [-0.4, -0.2) is 63.5 Å². The molecule has 2 aromatic carbocycles. The number of hydrogen-bond donors (Lipinski definition) is 1. The SMILES string of the molecule is Cc1ccc(S(=O)(=O)Nc2cc(-c3ccc4ncc5c(c4c3)C3(CCC3)C(=O)N5C)cnc2OCCCN(C)C)cc1.Cl. The molecular weight excluding hydrogens is 586 g/mol. The van der Waals surface area contributed by atoms with Crippen LogP contribution in [0.1, 0.15) is 36.8 Å². The smallest absolute Gasteiger partial charge is 0.262 e. The molecular formula is C32H36ClN5O4S. The van der Waals surface area contributed by atoms with Gasteiger partial charge in [-0.3, -0.25) is 14.5 Å². The summed E-state index contributed by atoms with van der Waals surface area (Å²) in [6.45, 7) is 3.13. The molecule has 0 radical (unpaired) electrons. The number of nitrogens with one attached hydrogen (secondary N) is 1. The summed E-state index contributed by atoms with van der Waals surface area (Å²) >= 11 is 0. The van der Waals surface area contributed by atoms with E-state index in [9.17, 15) is 13.2 Å². The van der Waals surface area contributed by atoms with E-state index in [2.05, 4.69) is 19.6 Å². The van der Waals surface area contributed by atoms with Gasteiger partial charge in [0, 0.05) is 36.3 Å². The van der Waals surface area contributed by atoms with Gasteiger partial charge in [-0.25, -0.2) is 13.4 Å². The first-order valence-electron chi connectivity index (χ1n) is 14.2. The number of hydrogen-bond acceptors (Lipinski definition) is 7. The van der Waals surface area contributed by atoms with E-state index in [0.29, 0.717) is 6.61 Å². The molecule has 0 bridgehead atoms. The molecule has 1 aliphatic heterocycles. The van der Waals surface area contributed by atoms with Crippen molar-refractivity contribution in [2.75, 3.05) is 43.9 Å². The van der Waals surface area contributed by atoms with Gasteiger partial charge in [-0.2, -0.15) is 0 Å². The van der Waals surface area contributed by atoms with E-state index < -0.39 is 15.4 Å². The van der Waals surface area contributed by atoms with Crippen molar-refractivity contribution in [2.24, 2.45) is 0 Å². The van der Waals surface area contributed by atoms with Crippen LogP contribution in [0.25, 0.3) is 22.0 Å². The van der Waals surface area contributed by atoms with E-state index in [-0.39, 0.29) is 34.8 Å². The molecule has 0 unspecified atom stereocenters. The maximum absolute atomic E-state index is 13.4. The van der Waals surface area contributed by atoms with Gasteiger partial charge >= 0.3 is 0 Å². The summed E-state index contributed by atoms with van der Waals surface area (Å²) in [5.41, 5.74) is 5.03. The minimum absolute atomic E-state index is 0. The molecule has 6 rings (SSSR count). The second kappa shape index (κ2) is 11.7. The Kier molecular flexibility index (Phi) is 8.39. The van der Waals surface area contributed by atoms with Crippen LogP contribution < -0.4 is 14.4 Å². The Hall–Kier alpha value is -3.73. The number of aromatic nitrogens is 2. The molecule has 1 aliphatic carbocycles. The van der Waals surface area contributed by atoms with Crippen LogP contribution in [0.4, 0.5) is 11.4 Å². The fraction of sp³-hybridized carbons (Fsp3) is 0.344. The van der Waals surface area contributed by atoms with Gasteiger partial charge in [0.15, 0.2) is 0 Å². The van der Waals surface area contributed by atoms with Crippen LogP contribution in [-0.2, 0) is 20.2 Å². The molecule has 11 heteroatoms. The topological polar surface area (TPSA) is 105 Å². The molecule has 3 heterocycles. The number of rotatable bonds is 9. The summed E-state index contributed by atoms with van der Waals surface area (Å²) in [6.07, 6.45) is 6.94. The standard InChI is InChI=1S/C32H35N5O4S.ClH/c1-21-7-10-24(11-8-21)42(39,40)35-27-18-23(19-34-30(27)41-16-6-15-36(2)3)22-9-12-26-25(17-22)29-28(20-33-26)37(4)31(38)32(29)13-5-14-32;/h7-12,17-20,35H,5-6,13-16H2,1-4H3;1H. The van der Waals surface area contributed by atoms with Gasteiger partial charge in [0.25, 0.3) is 10.0 Å². The highest BCUT2D eigenvalue weighted by Gasteiger charge is 2.54. The maximum atomic E-state index is 13.4. The Labute approximate surface area is 258 Å². The van der Waals surface area contributed by atoms with Crippen molar-refractivity contribution in [1.82, 2.24) is 14.9 Å². The average Bonchev–Trinajstić information content (AvgIpc) is 3.18. The second-order valence-corrected chi connectivity index (χ2v) is 13.2. The summed E-state index contributed by atoms with van der Waals surface area (Å²) in [5, 5.41) is 0.938. The van der Waals surface area contributed by atoms with Crippen LogP contribution >= 0.6 is 12.4 Å². The summed E-state index contributed by atoms with van der Waals surface area (Å²) in [4.78, 5) is 26.4. The van der Waals surface area contributed by atoms with E-state index in [0.717, 1.165) is 71.1 Å². The quantitative estimate of drug-likeness (QED) is 0.244. The number of nitrogens with zero attached hydrogens (tertiary/aromatic N) is 4. The van der Waals surface area contributed by atoms with Crippen LogP contribution in [0.3, 0.4) is 0 Å². The first kappa shape index (κ1) is 30.7. The van der Waals surface area contributed by atoms with E-state index >= 15 is 0 Å². The summed E-state index contributed by atoms with van der Waals surface area (Å²) < 4.78 is 35.4. The number of anilines is 2. The van der Waals surface area contributed by atoms with Crippen LogP contribution in [0.2, 0.25) is 0 Å². The number of pyridine rings is 2. The average molecular weight is 622 g/mol. The van der Waals surface area contributed by atoms with Crippen molar-refractivity contribution in [2.45, 2.75) is 42.9 Å². The molecule has 1 fully saturated rings. The van der Waals surface area contributed by atoms with Crippen molar-refractivity contribution in [1.29, 1.82) is 0 Å². The van der Waals surface area contributed by atoms with Gasteiger partial charge in [-0.05, 0) is 76.2 Å². The molecule has 1 spiro atoms. The van der Waals surface area contributed by atoms with Gasteiger partial charge in [-0.1, -0.05) is 30.2 Å². The molecule has 2 aromatic heterocycles. The molecule has 43 heavy (non-hydrogen) atoms. The highest BCUT2D eigenvalue weighted by Crippen LogP contribution is 2.55. The number of benzene rings is 2. The third-order valence-corrected chi connectivity index (χ3v) is 9.74. The number of likely N-dealkylation sites (N-methyl/N-ethyl adjacent to an activating group) is 1. The van der Waals surface area contributed by atoms with Crippen LogP contribution in [0.15, 0.2) is 65.8 Å². The van der Waals surface area contributed by atoms with Crippen LogP contribution in [0, 0.1) is 6.92 Å². The van der Waals surface area contributed by atoms with E-state index in [4.69, 9.17) is 4.74 Å². The number of ether oxygens (including phenoxy) is 1. The fourth-order valence-electron chi connectivity index (χ4n) is 5.92. The predicted octanol–water partition coefficient (Wildman–Crippen LogP) is 5.56. The lowest BCUT2D eigenvalue weighted by Crippen LogP contribution is -2.43. The summed E-state index contributed by atoms with van der Waals surface area (Å²) in [7, 11) is 1.90. The second-order valence-electron chi connectivity index (χ2n) is 11.6. The van der Waals surface area contributed by atoms with E-state index in [1.807, 2.05) is 46.3 Å². The Balaban J connectivity index is 0.00000368. The van der Waals surface area contributed by atoms with E-state index in [1.54, 1.807) is 47.6 Å². The lowest BCUT2D eigenvalue weighted by Gasteiger charge is -2.37. The number of halogens is 1.